The van der Waals surface area contributed by atoms with Crippen LogP contribution in [0.4, 0.5) is 0 Å². The van der Waals surface area contributed by atoms with Gasteiger partial charge in [0.15, 0.2) is 0 Å². The first-order valence-electron chi connectivity index (χ1n) is 8.01. The summed E-state index contributed by atoms with van der Waals surface area (Å²) in [5.74, 6) is 0.0969. The van der Waals surface area contributed by atoms with E-state index in [-0.39, 0.29) is 23.9 Å². The lowest BCUT2D eigenvalue weighted by Gasteiger charge is -2.27. The van der Waals surface area contributed by atoms with Crippen LogP contribution >= 0.6 is 0 Å². The molecule has 3 N–H and O–H groups in total. The zero-order chi connectivity index (χ0) is 17.0. The molecule has 0 saturated heterocycles. The van der Waals surface area contributed by atoms with Crippen LogP contribution < -0.4 is 11.1 Å². The van der Waals surface area contributed by atoms with Crippen molar-refractivity contribution in [3.05, 3.63) is 0 Å². The molecule has 130 valence electrons. The average Bonchev–Trinajstić information content (AvgIpc) is 2.47. The van der Waals surface area contributed by atoms with Crippen LogP contribution in [0.2, 0.25) is 0 Å². The van der Waals surface area contributed by atoms with Crippen LogP contribution in [0.5, 0.6) is 0 Å². The van der Waals surface area contributed by atoms with Gasteiger partial charge in [0.2, 0.25) is 5.91 Å². The van der Waals surface area contributed by atoms with Crippen LogP contribution in [0.1, 0.15) is 47.0 Å². The minimum Gasteiger partial charge on any atom is -0.466 e. The van der Waals surface area contributed by atoms with Crippen molar-refractivity contribution in [1.82, 2.24) is 5.32 Å². The lowest BCUT2D eigenvalue weighted by molar-refractivity contribution is -0.143. The SMILES string of the molecule is CCC(=O)OCCCOCC(=O)NCC(C)(C)CC(C)CN. The van der Waals surface area contributed by atoms with Crippen LogP contribution in [-0.2, 0) is 19.1 Å². The first-order valence-corrected chi connectivity index (χ1v) is 8.01. The van der Waals surface area contributed by atoms with E-state index in [1.165, 1.54) is 0 Å². The maximum absolute atomic E-state index is 11.7. The van der Waals surface area contributed by atoms with Gasteiger partial charge < -0.3 is 20.5 Å². The van der Waals surface area contributed by atoms with Crippen molar-refractivity contribution in [1.29, 1.82) is 0 Å². The molecular formula is C16H32N2O4. The summed E-state index contributed by atoms with van der Waals surface area (Å²) >= 11 is 0. The minimum absolute atomic E-state index is 0.0167. The molecule has 0 heterocycles. The van der Waals surface area contributed by atoms with Gasteiger partial charge in [0.05, 0.1) is 13.2 Å². The minimum atomic E-state index is -0.216. The summed E-state index contributed by atoms with van der Waals surface area (Å²) in [7, 11) is 0. The monoisotopic (exact) mass is 316 g/mol. The highest BCUT2D eigenvalue weighted by atomic mass is 16.5. The van der Waals surface area contributed by atoms with E-state index in [2.05, 4.69) is 26.1 Å². The Morgan fingerprint density at radius 1 is 1.27 bits per heavy atom. The highest BCUT2D eigenvalue weighted by molar-refractivity contribution is 5.77. The van der Waals surface area contributed by atoms with Gasteiger partial charge in [-0.2, -0.15) is 0 Å². The molecule has 0 aliphatic carbocycles. The van der Waals surface area contributed by atoms with Crippen molar-refractivity contribution >= 4 is 11.9 Å². The molecule has 0 aromatic heterocycles. The van der Waals surface area contributed by atoms with E-state index in [0.717, 1.165) is 6.42 Å². The Kier molecular flexibility index (Phi) is 10.8. The lowest BCUT2D eigenvalue weighted by Crippen LogP contribution is -2.37. The Hall–Kier alpha value is -1.14. The van der Waals surface area contributed by atoms with Crippen molar-refractivity contribution in [2.75, 3.05) is 32.9 Å². The number of esters is 1. The van der Waals surface area contributed by atoms with Crippen molar-refractivity contribution in [2.24, 2.45) is 17.1 Å². The second kappa shape index (κ2) is 11.4. The molecule has 0 rings (SSSR count). The summed E-state index contributed by atoms with van der Waals surface area (Å²) in [4.78, 5) is 22.6. The van der Waals surface area contributed by atoms with Crippen molar-refractivity contribution in [2.45, 2.75) is 47.0 Å². The van der Waals surface area contributed by atoms with Gasteiger partial charge >= 0.3 is 5.97 Å². The average molecular weight is 316 g/mol. The highest BCUT2D eigenvalue weighted by Crippen LogP contribution is 2.23. The van der Waals surface area contributed by atoms with Gasteiger partial charge in [0.25, 0.3) is 0 Å². The predicted octanol–water partition coefficient (Wildman–Crippen LogP) is 1.47. The third-order valence-electron chi connectivity index (χ3n) is 3.29. The molecule has 0 aliphatic rings. The summed E-state index contributed by atoms with van der Waals surface area (Å²) in [5.41, 5.74) is 5.65. The second-order valence-electron chi connectivity index (χ2n) is 6.47. The fraction of sp³-hybridized carbons (Fsp3) is 0.875. The summed E-state index contributed by atoms with van der Waals surface area (Å²) < 4.78 is 10.2. The first kappa shape index (κ1) is 20.9. The number of hydrogen-bond donors (Lipinski definition) is 2. The number of ether oxygens (including phenoxy) is 2. The number of hydrogen-bond acceptors (Lipinski definition) is 5. The van der Waals surface area contributed by atoms with Crippen LogP contribution in [0.3, 0.4) is 0 Å². The van der Waals surface area contributed by atoms with Gasteiger partial charge in [-0.15, -0.1) is 0 Å². The van der Waals surface area contributed by atoms with Gasteiger partial charge in [-0.05, 0) is 24.3 Å². The molecule has 6 heteroatoms. The standard InChI is InChI=1S/C16H32N2O4/c1-5-15(20)22-8-6-7-21-11-14(19)18-12-16(3,4)9-13(2)10-17/h13H,5-12,17H2,1-4H3,(H,18,19). The summed E-state index contributed by atoms with van der Waals surface area (Å²) in [5, 5.41) is 2.88. The maximum Gasteiger partial charge on any atom is 0.305 e. The van der Waals surface area contributed by atoms with Crippen molar-refractivity contribution < 1.29 is 19.1 Å². The Balaban J connectivity index is 3.67. The lowest BCUT2D eigenvalue weighted by atomic mass is 9.83. The Morgan fingerprint density at radius 2 is 1.95 bits per heavy atom. The molecule has 0 aromatic rings. The number of rotatable bonds is 12. The summed E-state index contributed by atoms with van der Waals surface area (Å²) in [6, 6.07) is 0. The van der Waals surface area contributed by atoms with E-state index in [0.29, 0.717) is 45.1 Å². The molecule has 0 spiro atoms. The maximum atomic E-state index is 11.7. The van der Waals surface area contributed by atoms with Gasteiger partial charge in [0, 0.05) is 19.4 Å². The molecule has 0 bridgehead atoms. The molecule has 0 fully saturated rings. The van der Waals surface area contributed by atoms with E-state index in [9.17, 15) is 9.59 Å². The van der Waals surface area contributed by atoms with Crippen LogP contribution in [0, 0.1) is 11.3 Å². The molecule has 0 aromatic carbocycles. The number of nitrogens with one attached hydrogen (secondary N) is 1. The van der Waals surface area contributed by atoms with E-state index < -0.39 is 0 Å². The Morgan fingerprint density at radius 3 is 2.55 bits per heavy atom. The topological polar surface area (TPSA) is 90.6 Å². The zero-order valence-electron chi connectivity index (χ0n) is 14.4. The Labute approximate surface area is 134 Å². The van der Waals surface area contributed by atoms with E-state index in [1.807, 2.05) is 0 Å². The summed E-state index contributed by atoms with van der Waals surface area (Å²) in [6.07, 6.45) is 1.94. The van der Waals surface area contributed by atoms with Crippen LogP contribution in [0.25, 0.3) is 0 Å². The van der Waals surface area contributed by atoms with Crippen molar-refractivity contribution in [3.8, 4) is 0 Å². The molecule has 6 nitrogen and oxygen atoms in total. The molecule has 1 atom stereocenters. The van der Waals surface area contributed by atoms with Crippen LogP contribution in [0.15, 0.2) is 0 Å². The van der Waals surface area contributed by atoms with Crippen molar-refractivity contribution in [3.63, 3.8) is 0 Å². The quantitative estimate of drug-likeness (QED) is 0.420. The third kappa shape index (κ3) is 11.5. The van der Waals surface area contributed by atoms with Gasteiger partial charge in [-0.1, -0.05) is 27.7 Å². The van der Waals surface area contributed by atoms with Gasteiger partial charge in [-0.3, -0.25) is 9.59 Å². The number of amides is 1. The molecule has 1 amide bonds. The molecule has 0 saturated carbocycles. The van der Waals surface area contributed by atoms with Gasteiger partial charge in [0.1, 0.15) is 6.61 Å². The smallest absolute Gasteiger partial charge is 0.305 e. The van der Waals surface area contributed by atoms with E-state index in [4.69, 9.17) is 15.2 Å². The molecular weight excluding hydrogens is 284 g/mol. The highest BCUT2D eigenvalue weighted by Gasteiger charge is 2.21. The molecule has 22 heavy (non-hydrogen) atoms. The predicted molar refractivity (Wildman–Crippen MR) is 86.3 cm³/mol. The molecule has 0 aliphatic heterocycles. The number of carbonyl (C=O) groups excluding carboxylic acids is 2. The largest absolute Gasteiger partial charge is 0.466 e. The van der Waals surface area contributed by atoms with E-state index >= 15 is 0 Å². The van der Waals surface area contributed by atoms with Gasteiger partial charge in [-0.25, -0.2) is 0 Å². The number of nitrogens with two attached hydrogens (primary N) is 1. The fourth-order valence-corrected chi connectivity index (χ4v) is 2.10. The zero-order valence-corrected chi connectivity index (χ0v) is 14.4. The number of carbonyl (C=O) groups is 2. The second-order valence-corrected chi connectivity index (χ2v) is 6.47. The normalized spacial score (nSPS) is 12.8. The first-order chi connectivity index (χ1) is 10.3. The summed E-state index contributed by atoms with van der Waals surface area (Å²) in [6.45, 7) is 10.1. The van der Waals surface area contributed by atoms with E-state index in [1.54, 1.807) is 6.92 Å². The fourth-order valence-electron chi connectivity index (χ4n) is 2.10. The molecule has 1 unspecified atom stereocenters. The third-order valence-corrected chi connectivity index (χ3v) is 3.29. The Bertz CT molecular complexity index is 332. The van der Waals surface area contributed by atoms with Crippen LogP contribution in [-0.4, -0.2) is 44.8 Å². The molecule has 0 radical (unpaired) electrons.